The Morgan fingerprint density at radius 1 is 1.06 bits per heavy atom. The van der Waals surface area contributed by atoms with Gasteiger partial charge in [0.2, 0.25) is 17.7 Å². The van der Waals surface area contributed by atoms with E-state index in [1.165, 1.54) is 29.2 Å². The van der Waals surface area contributed by atoms with Crippen molar-refractivity contribution in [1.82, 2.24) is 15.2 Å². The van der Waals surface area contributed by atoms with Crippen LogP contribution in [-0.2, 0) is 14.4 Å². The third-order valence-electron chi connectivity index (χ3n) is 5.88. The Balaban J connectivity index is 1.19. The molecule has 0 unspecified atom stereocenters. The number of halogens is 1. The van der Waals surface area contributed by atoms with Crippen LogP contribution in [0, 0.1) is 11.7 Å². The molecule has 2 fully saturated rings. The molecule has 2 aromatic rings. The Hall–Kier alpha value is -3.49. The lowest BCUT2D eigenvalue weighted by atomic mass is 10.1. The smallest absolute Gasteiger partial charge is 0.227 e. The molecule has 1 N–H and O–H groups in total. The molecule has 2 aliphatic heterocycles. The topological polar surface area (TPSA) is 85.9 Å². The molecule has 0 spiro atoms. The van der Waals surface area contributed by atoms with E-state index in [4.69, 9.17) is 0 Å². The van der Waals surface area contributed by atoms with Crippen molar-refractivity contribution in [2.24, 2.45) is 5.92 Å². The minimum absolute atomic E-state index is 0.00130. The van der Waals surface area contributed by atoms with Gasteiger partial charge in [-0.1, -0.05) is 6.07 Å². The molecule has 0 bridgehead atoms. The number of aromatic nitrogens is 1. The summed E-state index contributed by atoms with van der Waals surface area (Å²) in [5.74, 6) is -0.356. The fraction of sp³-hybridized carbons (Fsp3) is 0.391. The first-order valence-corrected chi connectivity index (χ1v) is 10.8. The molecule has 0 aliphatic carbocycles. The van der Waals surface area contributed by atoms with Gasteiger partial charge in [0, 0.05) is 64.0 Å². The van der Waals surface area contributed by atoms with Gasteiger partial charge in [0.1, 0.15) is 11.6 Å². The van der Waals surface area contributed by atoms with E-state index in [1.54, 1.807) is 11.1 Å². The molecule has 1 aromatic heterocycles. The van der Waals surface area contributed by atoms with E-state index >= 15 is 0 Å². The molecule has 32 heavy (non-hydrogen) atoms. The van der Waals surface area contributed by atoms with E-state index < -0.39 is 5.92 Å². The molecule has 3 amide bonds. The average Bonchev–Trinajstić information content (AvgIpc) is 3.22. The third kappa shape index (κ3) is 5.04. The van der Waals surface area contributed by atoms with Gasteiger partial charge in [-0.15, -0.1) is 0 Å². The Morgan fingerprint density at radius 3 is 2.50 bits per heavy atom. The summed E-state index contributed by atoms with van der Waals surface area (Å²) in [6.07, 6.45) is 2.08. The third-order valence-corrected chi connectivity index (χ3v) is 5.88. The first kappa shape index (κ1) is 21.7. The molecule has 9 heteroatoms. The van der Waals surface area contributed by atoms with Crippen LogP contribution in [0.2, 0.25) is 0 Å². The first-order valence-electron chi connectivity index (χ1n) is 10.8. The normalized spacial score (nSPS) is 18.7. The lowest BCUT2D eigenvalue weighted by Gasteiger charge is -2.35. The van der Waals surface area contributed by atoms with E-state index in [-0.39, 0.29) is 49.5 Å². The monoisotopic (exact) mass is 439 g/mol. The van der Waals surface area contributed by atoms with E-state index in [9.17, 15) is 18.8 Å². The predicted octanol–water partition coefficient (Wildman–Crippen LogP) is 1.43. The maximum atomic E-state index is 13.1. The van der Waals surface area contributed by atoms with Gasteiger partial charge in [-0.25, -0.2) is 9.37 Å². The molecule has 1 atom stereocenters. The summed E-state index contributed by atoms with van der Waals surface area (Å²) in [6.45, 7) is 3.16. The van der Waals surface area contributed by atoms with Gasteiger partial charge in [-0.2, -0.15) is 0 Å². The molecular weight excluding hydrogens is 413 g/mol. The van der Waals surface area contributed by atoms with E-state index in [2.05, 4.69) is 15.2 Å². The molecule has 4 rings (SSSR count). The number of hydrogen-bond donors (Lipinski definition) is 1. The molecular formula is C23H26FN5O3. The number of pyridine rings is 1. The largest absolute Gasteiger partial charge is 0.355 e. The second-order valence-corrected chi connectivity index (χ2v) is 7.98. The minimum Gasteiger partial charge on any atom is -0.355 e. The van der Waals surface area contributed by atoms with Crippen molar-refractivity contribution < 1.29 is 18.8 Å². The zero-order chi connectivity index (χ0) is 22.5. The van der Waals surface area contributed by atoms with Crippen molar-refractivity contribution in [1.29, 1.82) is 0 Å². The molecule has 0 saturated carbocycles. The Morgan fingerprint density at radius 2 is 1.81 bits per heavy atom. The van der Waals surface area contributed by atoms with Crippen molar-refractivity contribution in [3.05, 3.63) is 54.5 Å². The van der Waals surface area contributed by atoms with E-state index in [0.717, 1.165) is 18.9 Å². The summed E-state index contributed by atoms with van der Waals surface area (Å²) in [5.41, 5.74) is 0.576. The summed E-state index contributed by atoms with van der Waals surface area (Å²) < 4.78 is 13.1. The lowest BCUT2D eigenvalue weighted by molar-refractivity contribution is -0.131. The number of carbonyl (C=O) groups is 3. The first-order chi connectivity index (χ1) is 15.5. The Kier molecular flexibility index (Phi) is 6.63. The van der Waals surface area contributed by atoms with Crippen LogP contribution in [0.25, 0.3) is 0 Å². The van der Waals surface area contributed by atoms with Crippen LogP contribution >= 0.6 is 0 Å². The van der Waals surface area contributed by atoms with Gasteiger partial charge >= 0.3 is 0 Å². The Labute approximate surface area is 186 Å². The number of hydrogen-bond acceptors (Lipinski definition) is 5. The van der Waals surface area contributed by atoms with Crippen molar-refractivity contribution in [3.63, 3.8) is 0 Å². The number of nitrogens with one attached hydrogen (secondary N) is 1. The van der Waals surface area contributed by atoms with Crippen molar-refractivity contribution in [3.8, 4) is 0 Å². The second kappa shape index (κ2) is 9.76. The second-order valence-electron chi connectivity index (χ2n) is 7.98. The average molecular weight is 439 g/mol. The highest BCUT2D eigenvalue weighted by Crippen LogP contribution is 2.25. The number of piperazine rings is 1. The summed E-state index contributed by atoms with van der Waals surface area (Å²) >= 11 is 0. The number of anilines is 2. The molecule has 2 aliphatic rings. The van der Waals surface area contributed by atoms with Gasteiger partial charge in [0.05, 0.1) is 5.92 Å². The number of rotatable bonds is 6. The SMILES string of the molecule is O=C(NCCC(=O)N1CCN(c2ccccn2)CC1)[C@H]1CC(=O)N(c2ccc(F)cc2)C1. The predicted molar refractivity (Wildman–Crippen MR) is 118 cm³/mol. The maximum absolute atomic E-state index is 13.1. The highest BCUT2D eigenvalue weighted by molar-refractivity contribution is 6.00. The fourth-order valence-corrected chi connectivity index (χ4v) is 4.07. The van der Waals surface area contributed by atoms with Crippen LogP contribution in [0.3, 0.4) is 0 Å². The van der Waals surface area contributed by atoms with E-state index in [1.807, 2.05) is 18.2 Å². The molecule has 3 heterocycles. The Bertz CT molecular complexity index is 961. The van der Waals surface area contributed by atoms with Crippen molar-refractivity contribution >= 4 is 29.2 Å². The standard InChI is InChI=1S/C23H26FN5O3/c24-18-4-6-19(7-5-18)29-16-17(15-22(29)31)23(32)26-10-8-21(30)28-13-11-27(12-14-28)20-3-1-2-9-25-20/h1-7,9,17H,8,10-16H2,(H,26,32)/t17-/m0/s1. The lowest BCUT2D eigenvalue weighted by Crippen LogP contribution is -2.49. The van der Waals surface area contributed by atoms with Gasteiger partial charge in [0.25, 0.3) is 0 Å². The van der Waals surface area contributed by atoms with Crippen LogP contribution < -0.4 is 15.1 Å². The van der Waals surface area contributed by atoms with Gasteiger partial charge in [-0.05, 0) is 36.4 Å². The van der Waals surface area contributed by atoms with Gasteiger partial charge in [-0.3, -0.25) is 14.4 Å². The van der Waals surface area contributed by atoms with Crippen LogP contribution in [0.5, 0.6) is 0 Å². The molecule has 2 saturated heterocycles. The van der Waals surface area contributed by atoms with Crippen LogP contribution in [0.15, 0.2) is 48.7 Å². The van der Waals surface area contributed by atoms with E-state index in [0.29, 0.717) is 18.8 Å². The highest BCUT2D eigenvalue weighted by Gasteiger charge is 2.35. The summed E-state index contributed by atoms with van der Waals surface area (Å²) in [5, 5.41) is 2.79. The van der Waals surface area contributed by atoms with Crippen LogP contribution in [0.1, 0.15) is 12.8 Å². The van der Waals surface area contributed by atoms with Gasteiger partial charge < -0.3 is 20.0 Å². The quantitative estimate of drug-likeness (QED) is 0.736. The zero-order valence-corrected chi connectivity index (χ0v) is 17.7. The summed E-state index contributed by atoms with van der Waals surface area (Å²) in [4.78, 5) is 47.1. The van der Waals surface area contributed by atoms with Crippen LogP contribution in [-0.4, -0.2) is 66.9 Å². The highest BCUT2D eigenvalue weighted by atomic mass is 19.1. The fourth-order valence-electron chi connectivity index (χ4n) is 4.07. The summed E-state index contributed by atoms with van der Waals surface area (Å²) in [6, 6.07) is 11.4. The summed E-state index contributed by atoms with van der Waals surface area (Å²) in [7, 11) is 0. The number of carbonyl (C=O) groups excluding carboxylic acids is 3. The molecule has 0 radical (unpaired) electrons. The molecule has 168 valence electrons. The maximum Gasteiger partial charge on any atom is 0.227 e. The number of amides is 3. The van der Waals surface area contributed by atoms with Crippen molar-refractivity contribution in [2.75, 3.05) is 49.1 Å². The number of benzene rings is 1. The van der Waals surface area contributed by atoms with Crippen molar-refractivity contribution in [2.45, 2.75) is 12.8 Å². The zero-order valence-electron chi connectivity index (χ0n) is 17.7. The minimum atomic E-state index is -0.482. The molecule has 1 aromatic carbocycles. The van der Waals surface area contributed by atoms with Gasteiger partial charge in [0.15, 0.2) is 0 Å². The van der Waals surface area contributed by atoms with Crippen LogP contribution in [0.4, 0.5) is 15.9 Å². The molecule has 8 nitrogen and oxygen atoms in total. The number of nitrogens with zero attached hydrogens (tertiary/aromatic N) is 4.